The molecule has 1 heterocycles. The highest BCUT2D eigenvalue weighted by atomic mass is 16.5. The van der Waals surface area contributed by atoms with E-state index in [4.69, 9.17) is 9.47 Å². The van der Waals surface area contributed by atoms with Gasteiger partial charge in [0.1, 0.15) is 11.5 Å². The van der Waals surface area contributed by atoms with Crippen LogP contribution in [-0.4, -0.2) is 30.0 Å². The maximum absolute atomic E-state index is 5.49. The van der Waals surface area contributed by atoms with Crippen molar-refractivity contribution < 1.29 is 9.47 Å². The van der Waals surface area contributed by atoms with E-state index >= 15 is 0 Å². The molecule has 1 aliphatic rings. The molecule has 1 atom stereocenters. The lowest BCUT2D eigenvalue weighted by atomic mass is 10.1. The van der Waals surface area contributed by atoms with Crippen LogP contribution in [0, 0.1) is 0 Å². The van der Waals surface area contributed by atoms with Crippen molar-refractivity contribution in [3.05, 3.63) is 71.5 Å². The summed E-state index contributed by atoms with van der Waals surface area (Å²) >= 11 is 0. The number of nitrogens with one attached hydrogen (secondary N) is 1. The lowest BCUT2D eigenvalue weighted by molar-refractivity contribution is 0.408. The first-order chi connectivity index (χ1) is 12.8. The van der Waals surface area contributed by atoms with E-state index in [1.165, 1.54) is 16.7 Å². The number of methoxy groups -OCH3 is 2. The molecule has 2 aromatic carbocycles. The van der Waals surface area contributed by atoms with Gasteiger partial charge in [-0.2, -0.15) is 5.10 Å². The van der Waals surface area contributed by atoms with Gasteiger partial charge in [-0.3, -0.25) is 0 Å². The molecule has 5 nitrogen and oxygen atoms in total. The molecular formula is C21H23N3O2. The van der Waals surface area contributed by atoms with Gasteiger partial charge in [0.25, 0.3) is 0 Å². The molecule has 0 spiro atoms. The first-order valence-electron chi connectivity index (χ1n) is 8.83. The third-order valence-corrected chi connectivity index (χ3v) is 4.93. The van der Waals surface area contributed by atoms with Crippen LogP contribution in [0.25, 0.3) is 5.69 Å². The Hall–Kier alpha value is -2.79. The molecular weight excluding hydrogens is 326 g/mol. The van der Waals surface area contributed by atoms with Crippen LogP contribution in [0.3, 0.4) is 0 Å². The number of hydrogen-bond donors (Lipinski definition) is 1. The van der Waals surface area contributed by atoms with Crippen LogP contribution >= 0.6 is 0 Å². The highest BCUT2D eigenvalue weighted by Crippen LogP contribution is 2.30. The average Bonchev–Trinajstić information content (AvgIpc) is 3.32. The fourth-order valence-electron chi connectivity index (χ4n) is 3.54. The van der Waals surface area contributed by atoms with Crippen LogP contribution < -0.4 is 14.8 Å². The maximum Gasteiger partial charge on any atom is 0.122 e. The average molecular weight is 349 g/mol. The number of fused-ring (bicyclic) bond motifs is 1. The first kappa shape index (κ1) is 16.7. The van der Waals surface area contributed by atoms with Crippen molar-refractivity contribution in [2.75, 3.05) is 14.2 Å². The zero-order valence-corrected chi connectivity index (χ0v) is 15.1. The zero-order valence-electron chi connectivity index (χ0n) is 15.1. The summed E-state index contributed by atoms with van der Waals surface area (Å²) in [7, 11) is 3.41. The van der Waals surface area contributed by atoms with Crippen LogP contribution in [0.2, 0.25) is 0 Å². The Balaban J connectivity index is 1.38. The van der Waals surface area contributed by atoms with Gasteiger partial charge in [-0.05, 0) is 54.3 Å². The summed E-state index contributed by atoms with van der Waals surface area (Å²) in [5.41, 5.74) is 4.91. The van der Waals surface area contributed by atoms with E-state index in [0.29, 0.717) is 6.04 Å². The second-order valence-electron chi connectivity index (χ2n) is 6.58. The summed E-state index contributed by atoms with van der Waals surface area (Å²) in [6.45, 7) is 0.803. The normalized spacial score (nSPS) is 15.7. The van der Waals surface area contributed by atoms with Gasteiger partial charge in [0, 0.05) is 24.3 Å². The summed E-state index contributed by atoms with van der Waals surface area (Å²) < 4.78 is 12.6. The van der Waals surface area contributed by atoms with Gasteiger partial charge in [0.05, 0.1) is 26.1 Å². The molecule has 0 amide bonds. The second-order valence-corrected chi connectivity index (χ2v) is 6.58. The van der Waals surface area contributed by atoms with Crippen molar-refractivity contribution >= 4 is 0 Å². The predicted molar refractivity (Wildman–Crippen MR) is 101 cm³/mol. The highest BCUT2D eigenvalue weighted by molar-refractivity contribution is 5.44. The van der Waals surface area contributed by atoms with Crippen LogP contribution in [0.5, 0.6) is 11.5 Å². The van der Waals surface area contributed by atoms with Gasteiger partial charge in [-0.1, -0.05) is 12.1 Å². The Labute approximate surface area is 153 Å². The Morgan fingerprint density at radius 2 is 1.92 bits per heavy atom. The van der Waals surface area contributed by atoms with E-state index in [2.05, 4.69) is 28.7 Å². The first-order valence-corrected chi connectivity index (χ1v) is 8.83. The lowest BCUT2D eigenvalue weighted by Crippen LogP contribution is -2.28. The molecule has 1 unspecified atom stereocenters. The molecule has 3 aromatic rings. The molecule has 0 saturated heterocycles. The largest absolute Gasteiger partial charge is 0.497 e. The van der Waals surface area contributed by atoms with E-state index in [1.54, 1.807) is 14.2 Å². The fourth-order valence-corrected chi connectivity index (χ4v) is 3.54. The molecule has 1 aromatic heterocycles. The number of nitrogens with zero attached hydrogens (tertiary/aromatic N) is 2. The molecule has 134 valence electrons. The summed E-state index contributed by atoms with van der Waals surface area (Å²) in [6.07, 6.45) is 6.03. The van der Waals surface area contributed by atoms with E-state index in [0.717, 1.165) is 36.6 Å². The summed E-state index contributed by atoms with van der Waals surface area (Å²) in [5, 5.41) is 8.12. The predicted octanol–water partition coefficient (Wildman–Crippen LogP) is 3.15. The number of rotatable bonds is 6. The van der Waals surface area contributed by atoms with Gasteiger partial charge in [0.2, 0.25) is 0 Å². The number of benzene rings is 2. The summed E-state index contributed by atoms with van der Waals surface area (Å²) in [6, 6.07) is 14.6. The van der Waals surface area contributed by atoms with Gasteiger partial charge >= 0.3 is 0 Å². The van der Waals surface area contributed by atoms with Crippen LogP contribution in [-0.2, 0) is 19.4 Å². The topological polar surface area (TPSA) is 48.3 Å². The lowest BCUT2D eigenvalue weighted by Gasteiger charge is -2.11. The monoisotopic (exact) mass is 349 g/mol. The molecule has 0 bridgehead atoms. The molecule has 0 saturated carbocycles. The summed E-state index contributed by atoms with van der Waals surface area (Å²) in [4.78, 5) is 0. The Bertz CT molecular complexity index is 887. The fraction of sp³-hybridized carbons (Fsp3) is 0.286. The third-order valence-electron chi connectivity index (χ3n) is 4.93. The Morgan fingerprint density at radius 1 is 1.08 bits per heavy atom. The van der Waals surface area contributed by atoms with Gasteiger partial charge in [-0.25, -0.2) is 4.68 Å². The summed E-state index contributed by atoms with van der Waals surface area (Å²) in [5.74, 6) is 1.85. The van der Waals surface area contributed by atoms with E-state index in [-0.39, 0.29) is 0 Å². The number of ether oxygens (including phenoxy) is 2. The van der Waals surface area contributed by atoms with Crippen molar-refractivity contribution in [2.24, 2.45) is 0 Å². The van der Waals surface area contributed by atoms with E-state index in [1.807, 2.05) is 41.2 Å². The van der Waals surface area contributed by atoms with Crippen LogP contribution in [0.15, 0.2) is 54.9 Å². The second kappa shape index (κ2) is 7.22. The molecule has 4 rings (SSSR count). The Kier molecular flexibility index (Phi) is 4.63. The van der Waals surface area contributed by atoms with E-state index < -0.39 is 0 Å². The van der Waals surface area contributed by atoms with E-state index in [9.17, 15) is 0 Å². The van der Waals surface area contributed by atoms with Gasteiger partial charge < -0.3 is 14.8 Å². The SMILES string of the molecule is COc1ccc(-n2cc(CNC3Cc4cccc(OC)c4C3)cn2)cc1. The molecule has 0 radical (unpaired) electrons. The minimum atomic E-state index is 0.436. The molecule has 1 aliphatic carbocycles. The smallest absolute Gasteiger partial charge is 0.122 e. The number of hydrogen-bond acceptors (Lipinski definition) is 4. The molecule has 0 fully saturated rings. The van der Waals surface area contributed by atoms with Crippen molar-refractivity contribution in [3.8, 4) is 17.2 Å². The van der Waals surface area contributed by atoms with Crippen molar-refractivity contribution in [2.45, 2.75) is 25.4 Å². The van der Waals surface area contributed by atoms with Crippen LogP contribution in [0.1, 0.15) is 16.7 Å². The third kappa shape index (κ3) is 3.30. The quantitative estimate of drug-likeness (QED) is 0.743. The number of aromatic nitrogens is 2. The minimum absolute atomic E-state index is 0.436. The maximum atomic E-state index is 5.49. The Morgan fingerprint density at radius 3 is 2.69 bits per heavy atom. The van der Waals surface area contributed by atoms with Crippen LogP contribution in [0.4, 0.5) is 0 Å². The molecule has 1 N–H and O–H groups in total. The molecule has 5 heteroatoms. The minimum Gasteiger partial charge on any atom is -0.497 e. The molecule has 0 aliphatic heterocycles. The highest BCUT2D eigenvalue weighted by Gasteiger charge is 2.23. The zero-order chi connectivity index (χ0) is 17.9. The van der Waals surface area contributed by atoms with Crippen molar-refractivity contribution in [1.82, 2.24) is 15.1 Å². The van der Waals surface area contributed by atoms with Gasteiger partial charge in [0.15, 0.2) is 0 Å². The van der Waals surface area contributed by atoms with Crippen molar-refractivity contribution in [1.29, 1.82) is 0 Å². The molecule has 26 heavy (non-hydrogen) atoms. The van der Waals surface area contributed by atoms with Crippen molar-refractivity contribution in [3.63, 3.8) is 0 Å². The van der Waals surface area contributed by atoms with Gasteiger partial charge in [-0.15, -0.1) is 0 Å². The standard InChI is InChI=1S/C21H23N3O2/c1-25-19-8-6-18(7-9-19)24-14-15(13-23-24)12-22-17-10-16-4-3-5-21(26-2)20(16)11-17/h3-9,13-14,17,22H,10-12H2,1-2H3.